The van der Waals surface area contributed by atoms with Crippen LogP contribution in [0, 0.1) is 0 Å². The quantitative estimate of drug-likeness (QED) is 0.194. The molecule has 2 aromatic carbocycles. The SMILES string of the molecule is CC(C)(O[Si](C)(C)[Si](C)(C)C)C(=O)c1ccc(Oc2ccc(C(O)C(C)(C)O[Si](C)(C)[Si](C)(C)C)cc2)cc1. The zero-order valence-electron chi connectivity index (χ0n) is 26.8. The molecule has 0 heterocycles. The minimum atomic E-state index is -1.97. The van der Waals surface area contributed by atoms with Gasteiger partial charge in [0.15, 0.2) is 21.5 Å². The lowest BCUT2D eigenvalue weighted by molar-refractivity contribution is -0.0340. The first-order valence-electron chi connectivity index (χ1n) is 13.9. The van der Waals surface area contributed by atoms with E-state index in [9.17, 15) is 9.90 Å². The van der Waals surface area contributed by atoms with Gasteiger partial charge in [-0.1, -0.05) is 51.4 Å². The summed E-state index contributed by atoms with van der Waals surface area (Å²) in [5.74, 6) is 1.28. The first-order chi connectivity index (χ1) is 17.4. The van der Waals surface area contributed by atoms with E-state index in [-0.39, 0.29) is 5.78 Å². The Morgan fingerprint density at radius 1 is 0.667 bits per heavy atom. The van der Waals surface area contributed by atoms with Gasteiger partial charge in [-0.25, -0.2) is 0 Å². The number of hydrogen-bond acceptors (Lipinski definition) is 5. The molecule has 9 heteroatoms. The number of aliphatic hydroxyl groups is 1. The summed E-state index contributed by atoms with van der Waals surface area (Å²) in [5.41, 5.74) is -0.163. The van der Waals surface area contributed by atoms with Crippen molar-refractivity contribution in [1.29, 1.82) is 0 Å². The zero-order valence-corrected chi connectivity index (χ0v) is 30.8. The maximum absolute atomic E-state index is 13.3. The van der Waals surface area contributed by atoms with Crippen molar-refractivity contribution >= 4 is 36.6 Å². The van der Waals surface area contributed by atoms with E-state index in [0.29, 0.717) is 17.1 Å². The largest absolute Gasteiger partial charge is 0.457 e. The Morgan fingerprint density at radius 3 is 1.46 bits per heavy atom. The van der Waals surface area contributed by atoms with Gasteiger partial charge >= 0.3 is 0 Å². The fourth-order valence-corrected chi connectivity index (χ4v) is 10.8. The van der Waals surface area contributed by atoms with Gasteiger partial charge in [0.2, 0.25) is 0 Å². The van der Waals surface area contributed by atoms with Crippen LogP contribution in [0.1, 0.15) is 49.7 Å². The molecule has 0 aliphatic carbocycles. The lowest BCUT2D eigenvalue weighted by Gasteiger charge is -2.44. The maximum atomic E-state index is 13.3. The van der Waals surface area contributed by atoms with Gasteiger partial charge in [0.25, 0.3) is 0 Å². The Morgan fingerprint density at radius 2 is 1.05 bits per heavy atom. The number of carbonyl (C=O) groups is 1. The van der Waals surface area contributed by atoms with Gasteiger partial charge in [0, 0.05) is 5.56 Å². The van der Waals surface area contributed by atoms with E-state index >= 15 is 0 Å². The van der Waals surface area contributed by atoms with Crippen LogP contribution in [0.4, 0.5) is 0 Å². The number of ketones is 1. The lowest BCUT2D eigenvalue weighted by Crippen LogP contribution is -2.59. The number of ether oxygens (including phenoxy) is 1. The standard InChI is InChI=1S/C30H52O5Si4/c1-29(2,34-38(11,12)36(5,6)7)27(31)23-15-19-25(20-16-23)33-26-21-17-24(18-22-26)28(32)30(3,4)35-39(13,14)37(8,9)10/h15-22,27,31H,1-14H3. The van der Waals surface area contributed by atoms with Gasteiger partial charge in [-0.15, -0.1) is 0 Å². The molecule has 2 aromatic rings. The number of carbonyl (C=O) groups excluding carboxylic acids is 1. The molecule has 0 amide bonds. The van der Waals surface area contributed by atoms with Crippen LogP contribution < -0.4 is 4.74 Å². The summed E-state index contributed by atoms with van der Waals surface area (Å²) in [4.78, 5) is 13.3. The molecule has 5 nitrogen and oxygen atoms in total. The van der Waals surface area contributed by atoms with Gasteiger partial charge < -0.3 is 18.7 Å². The second-order valence-corrected chi connectivity index (χ2v) is 46.4. The van der Waals surface area contributed by atoms with Crippen LogP contribution in [0.3, 0.4) is 0 Å². The van der Waals surface area contributed by atoms with Crippen molar-refractivity contribution in [3.63, 3.8) is 0 Å². The minimum Gasteiger partial charge on any atom is -0.457 e. The first kappa shape index (κ1) is 33.9. The first-order valence-corrected chi connectivity index (χ1v) is 28.7. The summed E-state index contributed by atoms with van der Waals surface area (Å²) in [6.07, 6.45) is -0.750. The number of Topliss-reactive ketones (excluding diaryl/α,β-unsaturated/α-hetero) is 1. The highest BCUT2D eigenvalue weighted by atomic mass is 29.3. The molecule has 0 aliphatic rings. The molecular weight excluding hydrogens is 553 g/mol. The monoisotopic (exact) mass is 604 g/mol. The molecule has 0 spiro atoms. The van der Waals surface area contributed by atoms with Crippen molar-refractivity contribution in [1.82, 2.24) is 0 Å². The average molecular weight is 605 g/mol. The van der Waals surface area contributed by atoms with E-state index in [1.807, 2.05) is 64.1 Å². The molecule has 0 aliphatic heterocycles. The highest BCUT2D eigenvalue weighted by molar-refractivity contribution is 7.38. The Bertz CT molecular complexity index is 1130. The maximum Gasteiger partial charge on any atom is 0.192 e. The number of aliphatic hydroxyl groups excluding tert-OH is 1. The van der Waals surface area contributed by atoms with Crippen molar-refractivity contribution in [3.05, 3.63) is 59.7 Å². The third-order valence-electron chi connectivity index (χ3n) is 8.39. The van der Waals surface area contributed by atoms with Gasteiger partial charge in [0.05, 0.1) is 20.8 Å². The van der Waals surface area contributed by atoms with Crippen molar-refractivity contribution in [3.8, 4) is 11.5 Å². The molecule has 1 atom stereocenters. The van der Waals surface area contributed by atoms with Gasteiger partial charge in [-0.3, -0.25) is 4.79 Å². The second kappa shape index (κ2) is 11.5. The normalized spacial score (nSPS) is 14.7. The van der Waals surface area contributed by atoms with E-state index in [2.05, 4.69) is 65.5 Å². The molecule has 0 bridgehead atoms. The summed E-state index contributed by atoms with van der Waals surface area (Å²) in [6.45, 7) is 30.6. The predicted molar refractivity (Wildman–Crippen MR) is 174 cm³/mol. The molecular formula is C30H52O5Si4. The van der Waals surface area contributed by atoms with Crippen LogP contribution in [0.5, 0.6) is 11.5 Å². The second-order valence-electron chi connectivity index (χ2n) is 14.8. The van der Waals surface area contributed by atoms with Crippen LogP contribution in [-0.2, 0) is 8.85 Å². The molecule has 39 heavy (non-hydrogen) atoms. The molecule has 1 N–H and O–H groups in total. The number of benzene rings is 2. The summed E-state index contributed by atoms with van der Waals surface area (Å²) < 4.78 is 19.2. The van der Waals surface area contributed by atoms with Crippen LogP contribution in [0.15, 0.2) is 48.5 Å². The molecule has 0 aromatic heterocycles. The zero-order chi connectivity index (χ0) is 30.2. The Kier molecular flexibility index (Phi) is 9.99. The Balaban J connectivity index is 2.11. The fourth-order valence-electron chi connectivity index (χ4n) is 3.98. The Labute approximate surface area is 241 Å². The summed E-state index contributed by atoms with van der Waals surface area (Å²) in [5, 5.41) is 11.2. The van der Waals surface area contributed by atoms with Crippen LogP contribution in [0.25, 0.3) is 0 Å². The molecule has 1 unspecified atom stereocenters. The third kappa shape index (κ3) is 8.34. The van der Waals surface area contributed by atoms with Gasteiger partial charge in [-0.2, -0.15) is 0 Å². The highest BCUT2D eigenvalue weighted by Crippen LogP contribution is 2.36. The number of rotatable bonds is 12. The molecule has 0 fully saturated rings. The van der Waals surface area contributed by atoms with Gasteiger partial charge in [0.1, 0.15) is 23.2 Å². The topological polar surface area (TPSA) is 65.0 Å². The Hall–Kier alpha value is -1.34. The molecule has 0 saturated heterocycles. The van der Waals surface area contributed by atoms with Crippen molar-refractivity contribution in [2.45, 2.75) is 110 Å². The smallest absolute Gasteiger partial charge is 0.192 e. The van der Waals surface area contributed by atoms with Crippen LogP contribution in [-0.4, -0.2) is 52.9 Å². The van der Waals surface area contributed by atoms with Gasteiger partial charge in [-0.05, 0) is 95.8 Å². The van der Waals surface area contributed by atoms with Crippen LogP contribution >= 0.6 is 0 Å². The van der Waals surface area contributed by atoms with Crippen LogP contribution in [0.2, 0.25) is 65.5 Å². The molecule has 0 radical (unpaired) electrons. The molecule has 2 rings (SSSR count). The summed E-state index contributed by atoms with van der Waals surface area (Å²) in [7, 11) is -6.87. The lowest BCUT2D eigenvalue weighted by atomic mass is 9.95. The average Bonchev–Trinajstić information content (AvgIpc) is 2.76. The van der Waals surface area contributed by atoms with Crippen molar-refractivity contribution in [2.24, 2.45) is 0 Å². The van der Waals surface area contributed by atoms with E-state index in [4.69, 9.17) is 13.6 Å². The molecule has 0 saturated carbocycles. The third-order valence-corrected chi connectivity index (χ3v) is 40.0. The van der Waals surface area contributed by atoms with Crippen molar-refractivity contribution < 1.29 is 23.5 Å². The predicted octanol–water partition coefficient (Wildman–Crippen LogP) is 8.53. The van der Waals surface area contributed by atoms with E-state index in [0.717, 1.165) is 5.56 Å². The summed E-state index contributed by atoms with van der Waals surface area (Å²) in [6, 6.07) is 14.7. The van der Waals surface area contributed by atoms with E-state index in [1.54, 1.807) is 12.1 Å². The number of hydrogen-bond donors (Lipinski definition) is 1. The minimum absolute atomic E-state index is 0.0172. The van der Waals surface area contributed by atoms with E-state index < -0.39 is 48.2 Å². The van der Waals surface area contributed by atoms with Crippen molar-refractivity contribution in [2.75, 3.05) is 0 Å². The summed E-state index contributed by atoms with van der Waals surface area (Å²) >= 11 is 0. The van der Waals surface area contributed by atoms with E-state index in [1.165, 1.54) is 0 Å². The molecule has 218 valence electrons. The fraction of sp³-hybridized carbons (Fsp3) is 0.567. The highest BCUT2D eigenvalue weighted by Gasteiger charge is 2.46.